The number of benzene rings is 1. The molecular weight excluding hydrogens is 456 g/mol. The Labute approximate surface area is 211 Å². The van der Waals surface area contributed by atoms with E-state index in [1.54, 1.807) is 24.7 Å². The van der Waals surface area contributed by atoms with E-state index < -0.39 is 0 Å². The maximum absolute atomic E-state index is 13.2. The number of ether oxygens (including phenoxy) is 2. The molecule has 1 saturated carbocycles. The van der Waals surface area contributed by atoms with Gasteiger partial charge in [-0.25, -0.2) is 0 Å². The molecule has 2 fully saturated rings. The third-order valence-electron chi connectivity index (χ3n) is 8.77. The Kier molecular flexibility index (Phi) is 5.56. The van der Waals surface area contributed by atoms with Gasteiger partial charge in [-0.15, -0.1) is 0 Å². The summed E-state index contributed by atoms with van der Waals surface area (Å²) in [7, 11) is 1.90. The summed E-state index contributed by atoms with van der Waals surface area (Å²) in [5.41, 5.74) is 3.47. The Balaban J connectivity index is 1.30. The number of nitrogens with zero attached hydrogens (tertiary/aromatic N) is 2. The van der Waals surface area contributed by atoms with Crippen molar-refractivity contribution in [3.63, 3.8) is 0 Å². The van der Waals surface area contributed by atoms with Gasteiger partial charge in [-0.05, 0) is 61.9 Å². The zero-order valence-electron chi connectivity index (χ0n) is 20.8. The largest absolute Gasteiger partial charge is 0.487 e. The summed E-state index contributed by atoms with van der Waals surface area (Å²) in [5.74, 6) is 1.55. The van der Waals surface area contributed by atoms with Crippen LogP contribution in [0.4, 0.5) is 0 Å². The van der Waals surface area contributed by atoms with Gasteiger partial charge < -0.3 is 18.8 Å². The van der Waals surface area contributed by atoms with Crippen molar-refractivity contribution in [3.05, 3.63) is 71.9 Å². The number of carbonyl (C=O) groups excluding carboxylic acids is 2. The van der Waals surface area contributed by atoms with Crippen molar-refractivity contribution in [2.45, 2.75) is 56.2 Å². The molecule has 2 aliphatic carbocycles. The summed E-state index contributed by atoms with van der Waals surface area (Å²) >= 11 is 0. The molecule has 0 radical (unpaired) electrons. The van der Waals surface area contributed by atoms with Crippen LogP contribution in [0, 0.1) is 5.92 Å². The lowest BCUT2D eigenvalue weighted by molar-refractivity contribution is -0.139. The molecule has 5 atom stereocenters. The van der Waals surface area contributed by atoms with Crippen molar-refractivity contribution in [2.75, 3.05) is 20.1 Å². The number of likely N-dealkylation sites (N-methyl/N-ethyl adjacent to an activating group) is 1. The van der Waals surface area contributed by atoms with E-state index in [2.05, 4.69) is 29.7 Å². The van der Waals surface area contributed by atoms with E-state index >= 15 is 0 Å². The van der Waals surface area contributed by atoms with Crippen LogP contribution in [0.15, 0.2) is 59.6 Å². The lowest BCUT2D eigenvalue weighted by Gasteiger charge is -2.60. The number of hydrogen-bond acceptors (Lipinski definition) is 6. The van der Waals surface area contributed by atoms with Gasteiger partial charge in [0.1, 0.15) is 17.6 Å². The van der Waals surface area contributed by atoms with E-state index in [1.165, 1.54) is 18.1 Å². The number of carbonyl (C=O) groups is 2. The lowest BCUT2D eigenvalue weighted by atomic mass is 9.51. The Bertz CT molecular complexity index is 1230. The minimum absolute atomic E-state index is 0.00990. The van der Waals surface area contributed by atoms with Crippen LogP contribution in [0.3, 0.4) is 0 Å². The van der Waals surface area contributed by atoms with Crippen molar-refractivity contribution < 1.29 is 23.5 Å². The monoisotopic (exact) mass is 488 g/mol. The molecule has 6 rings (SSSR count). The fourth-order valence-corrected chi connectivity index (χ4v) is 7.44. The van der Waals surface area contributed by atoms with Gasteiger partial charge in [0.15, 0.2) is 0 Å². The minimum Gasteiger partial charge on any atom is -0.487 e. The van der Waals surface area contributed by atoms with Gasteiger partial charge in [0, 0.05) is 42.6 Å². The Morgan fingerprint density at radius 1 is 1.31 bits per heavy atom. The molecule has 1 aromatic carbocycles. The molecule has 36 heavy (non-hydrogen) atoms. The smallest absolute Gasteiger partial charge is 0.307 e. The van der Waals surface area contributed by atoms with Crippen LogP contribution in [-0.4, -0.2) is 60.0 Å². The van der Waals surface area contributed by atoms with E-state index in [4.69, 9.17) is 13.9 Å². The molecule has 0 unspecified atom stereocenters. The molecule has 1 saturated heterocycles. The fraction of sp³-hybridized carbons (Fsp3) is 0.448. The highest BCUT2D eigenvalue weighted by atomic mass is 16.5. The van der Waals surface area contributed by atoms with Crippen molar-refractivity contribution in [2.24, 2.45) is 5.92 Å². The number of furan rings is 1. The number of hydrogen-bond donors (Lipinski definition) is 0. The predicted molar refractivity (Wildman–Crippen MR) is 134 cm³/mol. The van der Waals surface area contributed by atoms with Crippen LogP contribution < -0.4 is 4.74 Å². The number of likely N-dealkylation sites (tertiary alicyclic amines) is 1. The highest BCUT2D eigenvalue weighted by Gasteiger charge is 2.65. The molecule has 1 spiro atoms. The predicted octanol–water partition coefficient (Wildman–Crippen LogP) is 3.94. The Hall–Kier alpha value is -3.32. The quantitative estimate of drug-likeness (QED) is 0.349. The number of amides is 1. The van der Waals surface area contributed by atoms with E-state index in [0.717, 1.165) is 43.5 Å². The molecule has 1 amide bonds. The summed E-state index contributed by atoms with van der Waals surface area (Å²) in [6.45, 7) is 6.84. The maximum Gasteiger partial charge on any atom is 0.307 e. The van der Waals surface area contributed by atoms with E-state index in [0.29, 0.717) is 24.3 Å². The lowest BCUT2D eigenvalue weighted by Crippen LogP contribution is -2.69. The SMILES string of the molecule is C=C(CN1CC[C@]23c4c5cccc4O[C@H]2[C@@H](N(C)C(=O)C=Cc2ccoc2)CC[C@H]3[C@H]1C5)OC(C)=O. The molecule has 4 aliphatic rings. The van der Waals surface area contributed by atoms with Crippen molar-refractivity contribution in [3.8, 4) is 5.75 Å². The fourth-order valence-electron chi connectivity index (χ4n) is 7.44. The average molecular weight is 489 g/mol. The van der Waals surface area contributed by atoms with Crippen molar-refractivity contribution in [1.82, 2.24) is 9.80 Å². The molecule has 0 N–H and O–H groups in total. The molecule has 188 valence electrons. The molecule has 3 heterocycles. The van der Waals surface area contributed by atoms with Crippen molar-refractivity contribution in [1.29, 1.82) is 0 Å². The summed E-state index contributed by atoms with van der Waals surface area (Å²) in [4.78, 5) is 29.0. The Morgan fingerprint density at radius 3 is 2.94 bits per heavy atom. The molecule has 2 aliphatic heterocycles. The molecule has 7 nitrogen and oxygen atoms in total. The van der Waals surface area contributed by atoms with Gasteiger partial charge in [0.25, 0.3) is 0 Å². The number of piperidine rings is 1. The van der Waals surface area contributed by atoms with Gasteiger partial charge in [0.05, 0.1) is 25.1 Å². The average Bonchev–Trinajstić information content (AvgIpc) is 3.48. The molecule has 7 heteroatoms. The first-order valence-electron chi connectivity index (χ1n) is 12.7. The number of rotatable bonds is 6. The third kappa shape index (κ3) is 3.52. The first-order valence-corrected chi connectivity index (χ1v) is 12.7. The van der Waals surface area contributed by atoms with Crippen LogP contribution in [0.2, 0.25) is 0 Å². The van der Waals surface area contributed by atoms with Crippen LogP contribution in [-0.2, 0) is 26.2 Å². The van der Waals surface area contributed by atoms with E-state index in [9.17, 15) is 9.59 Å². The van der Waals surface area contributed by atoms with Crippen molar-refractivity contribution >= 4 is 18.0 Å². The maximum atomic E-state index is 13.2. The highest BCUT2D eigenvalue weighted by Crippen LogP contribution is 2.62. The van der Waals surface area contributed by atoms with Gasteiger partial charge >= 0.3 is 5.97 Å². The van der Waals surface area contributed by atoms with Gasteiger partial charge in [-0.1, -0.05) is 18.7 Å². The first-order chi connectivity index (χ1) is 17.4. The van der Waals surface area contributed by atoms with Crippen LogP contribution in [0.25, 0.3) is 6.08 Å². The summed E-state index contributed by atoms with van der Waals surface area (Å²) in [6, 6.07) is 8.54. The molecule has 2 bridgehead atoms. The van der Waals surface area contributed by atoms with Gasteiger partial charge in [-0.3, -0.25) is 14.5 Å². The van der Waals surface area contributed by atoms with Crippen LogP contribution >= 0.6 is 0 Å². The summed E-state index contributed by atoms with van der Waals surface area (Å²) in [6.07, 6.45) is 10.4. The zero-order valence-corrected chi connectivity index (χ0v) is 20.8. The summed E-state index contributed by atoms with van der Waals surface area (Å²) < 4.78 is 17.1. The normalized spacial score (nSPS) is 29.9. The molecular formula is C29H32N2O5. The Morgan fingerprint density at radius 2 is 2.17 bits per heavy atom. The topological polar surface area (TPSA) is 72.2 Å². The zero-order chi connectivity index (χ0) is 25.0. The van der Waals surface area contributed by atoms with Gasteiger partial charge in [-0.2, -0.15) is 0 Å². The first kappa shape index (κ1) is 23.1. The van der Waals surface area contributed by atoms with Gasteiger partial charge in [0.2, 0.25) is 5.91 Å². The molecule has 2 aromatic rings. The van der Waals surface area contributed by atoms with E-state index in [1.807, 2.05) is 18.0 Å². The second-order valence-corrected chi connectivity index (χ2v) is 10.6. The number of esters is 1. The minimum atomic E-state index is -0.327. The van der Waals surface area contributed by atoms with Crippen LogP contribution in [0.1, 0.15) is 42.9 Å². The van der Waals surface area contributed by atoms with Crippen LogP contribution in [0.5, 0.6) is 5.75 Å². The third-order valence-corrected chi connectivity index (χ3v) is 8.77. The van der Waals surface area contributed by atoms with E-state index in [-0.39, 0.29) is 29.4 Å². The summed E-state index contributed by atoms with van der Waals surface area (Å²) in [5, 5.41) is 0. The second kappa shape index (κ2) is 8.66. The second-order valence-electron chi connectivity index (χ2n) is 10.6. The highest BCUT2D eigenvalue weighted by molar-refractivity contribution is 5.91. The standard InChI is InChI=1S/C29H32N2O5/c1-18(35-19(2)32)16-31-13-12-29-22-8-9-23(30(3)26(33)10-7-20-11-14-34-17-20)28(29)36-25-6-4-5-21(27(25)29)15-24(22)31/h4-7,10-11,14,17,22-24,28H,1,8-9,12-13,15-16H2,2-3H3/t22-,23-,24+,28-,29-/m0/s1. The molecule has 1 aromatic heterocycles.